The van der Waals surface area contributed by atoms with Gasteiger partial charge in [0.15, 0.2) is 5.78 Å². The number of hydrogen-bond acceptors (Lipinski definition) is 3. The summed E-state index contributed by atoms with van der Waals surface area (Å²) in [5, 5.41) is 12.8. The van der Waals surface area contributed by atoms with Crippen LogP contribution in [0, 0.1) is 5.92 Å². The summed E-state index contributed by atoms with van der Waals surface area (Å²) in [6, 6.07) is 6.88. The first kappa shape index (κ1) is 16.7. The molecule has 120 valence electrons. The van der Waals surface area contributed by atoms with Crippen LogP contribution >= 0.6 is 0 Å². The molecule has 0 aromatic heterocycles. The molecule has 0 radical (unpaired) electrons. The fraction of sp³-hybridized carbons (Fsp3) is 0.556. The van der Waals surface area contributed by atoms with Gasteiger partial charge in [-0.05, 0) is 44.6 Å². The molecule has 2 rings (SSSR count). The van der Waals surface area contributed by atoms with Crippen LogP contribution in [0.5, 0.6) is 0 Å². The van der Waals surface area contributed by atoms with E-state index in [9.17, 15) is 14.7 Å². The van der Waals surface area contributed by atoms with E-state index < -0.39 is 0 Å². The number of aliphatic hydroxyl groups excluding tert-OH is 1. The summed E-state index contributed by atoms with van der Waals surface area (Å²) >= 11 is 0. The average Bonchev–Trinajstić information content (AvgIpc) is 2.52. The van der Waals surface area contributed by atoms with Gasteiger partial charge in [-0.15, -0.1) is 0 Å². The van der Waals surface area contributed by atoms with Crippen molar-refractivity contribution in [2.24, 2.45) is 5.92 Å². The van der Waals surface area contributed by atoms with Crippen molar-refractivity contribution in [1.82, 2.24) is 5.32 Å². The van der Waals surface area contributed by atoms with Crippen molar-refractivity contribution in [1.29, 1.82) is 0 Å². The molecule has 4 nitrogen and oxygen atoms in total. The molecule has 0 aliphatic heterocycles. The van der Waals surface area contributed by atoms with Gasteiger partial charge in [-0.25, -0.2) is 0 Å². The minimum atomic E-state index is -0.199. The molecule has 1 aromatic carbocycles. The molecule has 4 heteroatoms. The fourth-order valence-corrected chi connectivity index (χ4v) is 3.17. The molecular formula is C18H25NO3. The fourth-order valence-electron chi connectivity index (χ4n) is 3.17. The van der Waals surface area contributed by atoms with Crippen molar-refractivity contribution in [2.45, 2.75) is 51.6 Å². The smallest absolute Gasteiger partial charge is 0.252 e. The third-order valence-corrected chi connectivity index (χ3v) is 4.46. The summed E-state index contributed by atoms with van der Waals surface area (Å²) in [4.78, 5) is 23.7. The number of aliphatic hydroxyl groups is 1. The minimum absolute atomic E-state index is 0.101. The van der Waals surface area contributed by atoms with E-state index in [0.717, 1.165) is 32.1 Å². The Morgan fingerprint density at radius 2 is 1.86 bits per heavy atom. The van der Waals surface area contributed by atoms with E-state index in [0.29, 0.717) is 23.6 Å². The molecule has 0 saturated heterocycles. The second-order valence-electron chi connectivity index (χ2n) is 6.11. The minimum Gasteiger partial charge on any atom is -0.393 e. The first-order valence-electron chi connectivity index (χ1n) is 8.16. The monoisotopic (exact) mass is 303 g/mol. The van der Waals surface area contributed by atoms with E-state index in [2.05, 4.69) is 5.32 Å². The maximum Gasteiger partial charge on any atom is 0.252 e. The lowest BCUT2D eigenvalue weighted by Crippen LogP contribution is -2.28. The Bertz CT molecular complexity index is 527. The standard InChI is InChI=1S/C18H25NO3/c1-13(20)15-9-3-4-10-16(15)18(22)19-12-6-8-14-7-2-5-11-17(14)21/h3-4,9-10,14,17,21H,2,5-8,11-12H2,1H3,(H,19,22). The first-order valence-corrected chi connectivity index (χ1v) is 8.16. The van der Waals surface area contributed by atoms with Gasteiger partial charge in [0.1, 0.15) is 0 Å². The van der Waals surface area contributed by atoms with Gasteiger partial charge in [0.25, 0.3) is 5.91 Å². The molecule has 1 fully saturated rings. The van der Waals surface area contributed by atoms with Crippen LogP contribution in [0.3, 0.4) is 0 Å². The number of hydrogen-bond donors (Lipinski definition) is 2. The topological polar surface area (TPSA) is 66.4 Å². The van der Waals surface area contributed by atoms with Gasteiger partial charge in [0.2, 0.25) is 0 Å². The molecular weight excluding hydrogens is 278 g/mol. The number of carbonyl (C=O) groups excluding carboxylic acids is 2. The predicted octanol–water partition coefficient (Wildman–Crippen LogP) is 2.95. The maximum absolute atomic E-state index is 12.2. The van der Waals surface area contributed by atoms with E-state index >= 15 is 0 Å². The van der Waals surface area contributed by atoms with Crippen LogP contribution in [0.15, 0.2) is 24.3 Å². The Balaban J connectivity index is 1.80. The van der Waals surface area contributed by atoms with Crippen LogP contribution in [-0.2, 0) is 0 Å². The van der Waals surface area contributed by atoms with E-state index in [1.807, 2.05) is 0 Å². The van der Waals surface area contributed by atoms with Crippen LogP contribution in [0.25, 0.3) is 0 Å². The van der Waals surface area contributed by atoms with E-state index in [4.69, 9.17) is 0 Å². The van der Waals surface area contributed by atoms with Crippen molar-refractivity contribution in [3.63, 3.8) is 0 Å². The zero-order valence-corrected chi connectivity index (χ0v) is 13.2. The SMILES string of the molecule is CC(=O)c1ccccc1C(=O)NCCCC1CCCCC1O. The van der Waals surface area contributed by atoms with Crippen LogP contribution in [-0.4, -0.2) is 29.4 Å². The molecule has 0 bridgehead atoms. The Labute approximate surface area is 131 Å². The Morgan fingerprint density at radius 3 is 2.55 bits per heavy atom. The summed E-state index contributed by atoms with van der Waals surface area (Å²) in [6.07, 6.45) is 5.93. The van der Waals surface area contributed by atoms with Gasteiger partial charge in [0.05, 0.1) is 11.7 Å². The van der Waals surface area contributed by atoms with Crippen LogP contribution < -0.4 is 5.32 Å². The van der Waals surface area contributed by atoms with Crippen molar-refractivity contribution in [2.75, 3.05) is 6.54 Å². The van der Waals surface area contributed by atoms with Gasteiger partial charge in [0, 0.05) is 12.1 Å². The second-order valence-corrected chi connectivity index (χ2v) is 6.11. The molecule has 22 heavy (non-hydrogen) atoms. The third-order valence-electron chi connectivity index (χ3n) is 4.46. The first-order chi connectivity index (χ1) is 10.6. The van der Waals surface area contributed by atoms with Crippen molar-refractivity contribution < 1.29 is 14.7 Å². The summed E-state index contributed by atoms with van der Waals surface area (Å²) in [6.45, 7) is 2.05. The summed E-state index contributed by atoms with van der Waals surface area (Å²) < 4.78 is 0. The molecule has 1 amide bonds. The normalized spacial score (nSPS) is 21.4. The molecule has 1 aromatic rings. The van der Waals surface area contributed by atoms with E-state index in [1.165, 1.54) is 13.3 Å². The average molecular weight is 303 g/mol. The predicted molar refractivity (Wildman–Crippen MR) is 86.0 cm³/mol. The van der Waals surface area contributed by atoms with E-state index in [-0.39, 0.29) is 17.8 Å². The number of ketones is 1. The molecule has 2 atom stereocenters. The quantitative estimate of drug-likeness (QED) is 0.627. The summed E-state index contributed by atoms with van der Waals surface area (Å²) in [5.41, 5.74) is 0.899. The number of nitrogens with one attached hydrogen (secondary N) is 1. The number of carbonyl (C=O) groups is 2. The van der Waals surface area contributed by atoms with Gasteiger partial charge >= 0.3 is 0 Å². The highest BCUT2D eigenvalue weighted by molar-refractivity contribution is 6.07. The van der Waals surface area contributed by atoms with E-state index in [1.54, 1.807) is 24.3 Å². The Hall–Kier alpha value is -1.68. The molecule has 1 aliphatic rings. The van der Waals surface area contributed by atoms with Gasteiger partial charge in [-0.2, -0.15) is 0 Å². The lowest BCUT2D eigenvalue weighted by atomic mass is 9.83. The number of Topliss-reactive ketones (excluding diaryl/α,β-unsaturated/α-hetero) is 1. The van der Waals surface area contributed by atoms with Crippen LogP contribution in [0.4, 0.5) is 0 Å². The molecule has 0 heterocycles. The van der Waals surface area contributed by atoms with Crippen LogP contribution in [0.1, 0.15) is 66.2 Å². The highest BCUT2D eigenvalue weighted by Crippen LogP contribution is 2.27. The lowest BCUT2D eigenvalue weighted by molar-refractivity contribution is 0.0641. The molecule has 2 unspecified atom stereocenters. The summed E-state index contributed by atoms with van der Waals surface area (Å²) in [7, 11) is 0. The molecule has 1 saturated carbocycles. The molecule has 2 N–H and O–H groups in total. The Morgan fingerprint density at radius 1 is 1.18 bits per heavy atom. The Kier molecular flexibility index (Phi) is 6.13. The third kappa shape index (κ3) is 4.41. The zero-order valence-electron chi connectivity index (χ0n) is 13.2. The number of rotatable bonds is 6. The highest BCUT2D eigenvalue weighted by Gasteiger charge is 2.22. The molecule has 1 aliphatic carbocycles. The summed E-state index contributed by atoms with van der Waals surface area (Å²) in [5.74, 6) is 0.0706. The highest BCUT2D eigenvalue weighted by atomic mass is 16.3. The van der Waals surface area contributed by atoms with Gasteiger partial charge < -0.3 is 10.4 Å². The van der Waals surface area contributed by atoms with Gasteiger partial charge in [-0.1, -0.05) is 31.0 Å². The second kappa shape index (κ2) is 8.08. The number of amides is 1. The molecule has 0 spiro atoms. The largest absolute Gasteiger partial charge is 0.393 e. The van der Waals surface area contributed by atoms with Crippen molar-refractivity contribution in [3.05, 3.63) is 35.4 Å². The van der Waals surface area contributed by atoms with Crippen molar-refractivity contribution in [3.8, 4) is 0 Å². The number of benzene rings is 1. The maximum atomic E-state index is 12.2. The van der Waals surface area contributed by atoms with Gasteiger partial charge in [-0.3, -0.25) is 9.59 Å². The zero-order chi connectivity index (χ0) is 15.9. The van der Waals surface area contributed by atoms with Crippen molar-refractivity contribution >= 4 is 11.7 Å². The van der Waals surface area contributed by atoms with Crippen LogP contribution in [0.2, 0.25) is 0 Å². The lowest BCUT2D eigenvalue weighted by Gasteiger charge is -2.27.